The zero-order valence-electron chi connectivity index (χ0n) is 11.3. The summed E-state index contributed by atoms with van der Waals surface area (Å²) >= 11 is 5.33. The van der Waals surface area contributed by atoms with E-state index in [9.17, 15) is 0 Å². The molecule has 0 radical (unpaired) electrons. The van der Waals surface area contributed by atoms with Gasteiger partial charge in [-0.05, 0) is 38.2 Å². The van der Waals surface area contributed by atoms with E-state index in [-0.39, 0.29) is 0 Å². The van der Waals surface area contributed by atoms with E-state index in [1.807, 2.05) is 18.2 Å². The number of fused-ring (bicyclic) bond motifs is 1. The van der Waals surface area contributed by atoms with Gasteiger partial charge in [0.1, 0.15) is 25.3 Å². The fraction of sp³-hybridized carbons (Fsp3) is 0.500. The van der Waals surface area contributed by atoms with Crippen LogP contribution in [0.25, 0.3) is 11.1 Å². The van der Waals surface area contributed by atoms with Crippen molar-refractivity contribution < 1.29 is 14.1 Å². The van der Waals surface area contributed by atoms with Crippen molar-refractivity contribution in [3.8, 4) is 0 Å². The van der Waals surface area contributed by atoms with Gasteiger partial charge in [0.15, 0.2) is 12.3 Å². The van der Waals surface area contributed by atoms with Crippen LogP contribution in [0.15, 0.2) is 28.7 Å². The summed E-state index contributed by atoms with van der Waals surface area (Å²) in [6.45, 7) is 7.11. The first-order chi connectivity index (χ1) is 9.13. The number of benzene rings is 1. The summed E-state index contributed by atoms with van der Waals surface area (Å²) in [5, 5.41) is 0. The standard InChI is InChI=1S/C14H18N2O2S/c1-10-7-15(8-11(2)17-10)9-16-12-5-3-4-6-13(12)18-14(16)19/h3-6,10-11H,7-9H2,1-2H3/p+1/t10-,11+. The Balaban J connectivity index is 1.89. The van der Waals surface area contributed by atoms with Gasteiger partial charge in [0, 0.05) is 0 Å². The van der Waals surface area contributed by atoms with Crippen LogP contribution in [0, 0.1) is 4.84 Å². The van der Waals surface area contributed by atoms with Crippen LogP contribution in [0.3, 0.4) is 0 Å². The number of nitrogens with one attached hydrogen (secondary N) is 1. The molecule has 1 N–H and O–H groups in total. The molecule has 2 aromatic rings. The van der Waals surface area contributed by atoms with Crippen LogP contribution in [0.5, 0.6) is 0 Å². The van der Waals surface area contributed by atoms with E-state index in [1.165, 1.54) is 4.90 Å². The topological polar surface area (TPSA) is 31.7 Å². The second kappa shape index (κ2) is 5.07. The molecule has 1 unspecified atom stereocenters. The molecule has 3 rings (SSSR count). The van der Waals surface area contributed by atoms with Crippen molar-refractivity contribution in [2.24, 2.45) is 0 Å². The van der Waals surface area contributed by atoms with Crippen LogP contribution >= 0.6 is 12.2 Å². The number of ether oxygens (including phenoxy) is 1. The van der Waals surface area contributed by atoms with Crippen molar-refractivity contribution in [3.63, 3.8) is 0 Å². The highest BCUT2D eigenvalue weighted by atomic mass is 32.1. The maximum absolute atomic E-state index is 5.77. The van der Waals surface area contributed by atoms with Crippen LogP contribution in [-0.2, 0) is 11.4 Å². The number of aromatic nitrogens is 1. The molecule has 0 spiro atoms. The highest BCUT2D eigenvalue weighted by Gasteiger charge is 2.26. The van der Waals surface area contributed by atoms with E-state index in [0.717, 1.165) is 30.9 Å². The molecule has 4 nitrogen and oxygen atoms in total. The normalized spacial score (nSPS) is 27.8. The average molecular weight is 279 g/mol. The summed E-state index contributed by atoms with van der Waals surface area (Å²) in [6.07, 6.45) is 0.595. The second-order valence-corrected chi connectivity index (χ2v) is 5.69. The van der Waals surface area contributed by atoms with Gasteiger partial charge in [-0.25, -0.2) is 0 Å². The van der Waals surface area contributed by atoms with Gasteiger partial charge < -0.3 is 14.1 Å². The van der Waals surface area contributed by atoms with Crippen LogP contribution < -0.4 is 4.90 Å². The molecule has 2 heterocycles. The Bertz CT molecular complexity index is 624. The molecular weight excluding hydrogens is 260 g/mol. The van der Waals surface area contributed by atoms with E-state index in [0.29, 0.717) is 17.0 Å². The van der Waals surface area contributed by atoms with Gasteiger partial charge in [-0.2, -0.15) is 0 Å². The van der Waals surface area contributed by atoms with E-state index >= 15 is 0 Å². The minimum Gasteiger partial charge on any atom is -0.429 e. The van der Waals surface area contributed by atoms with Crippen LogP contribution in [0.2, 0.25) is 0 Å². The molecule has 1 aliphatic heterocycles. The van der Waals surface area contributed by atoms with E-state index in [4.69, 9.17) is 21.4 Å². The molecule has 1 aromatic carbocycles. The summed E-state index contributed by atoms with van der Waals surface area (Å²) < 4.78 is 13.5. The summed E-state index contributed by atoms with van der Waals surface area (Å²) in [6, 6.07) is 8.00. The third-order valence-corrected chi connectivity index (χ3v) is 3.88. The van der Waals surface area contributed by atoms with Crippen molar-refractivity contribution in [1.82, 2.24) is 4.57 Å². The zero-order valence-corrected chi connectivity index (χ0v) is 12.1. The molecule has 0 aliphatic carbocycles. The molecule has 1 aliphatic rings. The minimum absolute atomic E-state index is 0.297. The molecule has 0 bridgehead atoms. The van der Waals surface area contributed by atoms with Gasteiger partial charge in [0.2, 0.25) is 0 Å². The van der Waals surface area contributed by atoms with Crippen LogP contribution in [0.4, 0.5) is 0 Å². The maximum atomic E-state index is 5.77. The van der Waals surface area contributed by atoms with Gasteiger partial charge in [-0.15, -0.1) is 0 Å². The first-order valence-corrected chi connectivity index (χ1v) is 7.11. The maximum Gasteiger partial charge on any atom is 0.274 e. The van der Waals surface area contributed by atoms with Crippen LogP contribution in [0.1, 0.15) is 13.8 Å². The van der Waals surface area contributed by atoms with Crippen molar-refractivity contribution in [2.45, 2.75) is 32.7 Å². The molecule has 5 heteroatoms. The van der Waals surface area contributed by atoms with E-state index in [2.05, 4.69) is 24.5 Å². The number of morpholine rings is 1. The molecule has 1 saturated heterocycles. The lowest BCUT2D eigenvalue weighted by Crippen LogP contribution is -3.14. The monoisotopic (exact) mass is 279 g/mol. The highest BCUT2D eigenvalue weighted by Crippen LogP contribution is 2.15. The van der Waals surface area contributed by atoms with Crippen molar-refractivity contribution in [3.05, 3.63) is 29.1 Å². The minimum atomic E-state index is 0.297. The Morgan fingerprint density at radius 3 is 2.68 bits per heavy atom. The first kappa shape index (κ1) is 12.8. The Morgan fingerprint density at radius 2 is 1.95 bits per heavy atom. The Labute approximate surface area is 117 Å². The number of oxazole rings is 1. The van der Waals surface area contributed by atoms with E-state index in [1.54, 1.807) is 0 Å². The summed E-state index contributed by atoms with van der Waals surface area (Å²) in [5.74, 6) is 0. The molecule has 3 atom stereocenters. The third-order valence-electron chi connectivity index (χ3n) is 3.57. The highest BCUT2D eigenvalue weighted by molar-refractivity contribution is 7.71. The zero-order chi connectivity index (χ0) is 13.4. The van der Waals surface area contributed by atoms with Crippen molar-refractivity contribution in [1.29, 1.82) is 0 Å². The molecule has 1 fully saturated rings. The third kappa shape index (κ3) is 2.59. The second-order valence-electron chi connectivity index (χ2n) is 5.34. The fourth-order valence-corrected chi connectivity index (χ4v) is 3.16. The smallest absolute Gasteiger partial charge is 0.274 e. The quantitative estimate of drug-likeness (QED) is 0.848. The largest absolute Gasteiger partial charge is 0.429 e. The molecule has 102 valence electrons. The number of hydrogen-bond donors (Lipinski definition) is 1. The molecule has 0 saturated carbocycles. The Kier molecular flexibility index (Phi) is 3.43. The molecule has 0 amide bonds. The Hall–Kier alpha value is -1.17. The molecule has 19 heavy (non-hydrogen) atoms. The lowest BCUT2D eigenvalue weighted by molar-refractivity contribution is -0.936. The number of quaternary nitrogens is 1. The number of para-hydroxylation sites is 2. The summed E-state index contributed by atoms with van der Waals surface area (Å²) in [4.78, 5) is 2.04. The lowest BCUT2D eigenvalue weighted by atomic mass is 10.2. The fourth-order valence-electron chi connectivity index (χ4n) is 2.91. The summed E-state index contributed by atoms with van der Waals surface area (Å²) in [5.41, 5.74) is 1.94. The lowest BCUT2D eigenvalue weighted by Gasteiger charge is -2.32. The van der Waals surface area contributed by atoms with Crippen molar-refractivity contribution >= 4 is 23.3 Å². The average Bonchev–Trinajstić information content (AvgIpc) is 2.65. The molecular formula is C14H19N2O2S+. The Morgan fingerprint density at radius 1 is 1.26 bits per heavy atom. The SMILES string of the molecule is C[C@@H]1C[NH+](Cn2c(=S)oc3ccccc32)C[C@H](C)O1. The van der Waals surface area contributed by atoms with Gasteiger partial charge in [0.25, 0.3) is 4.84 Å². The first-order valence-electron chi connectivity index (χ1n) is 6.71. The number of hydrogen-bond acceptors (Lipinski definition) is 3. The number of rotatable bonds is 2. The van der Waals surface area contributed by atoms with Gasteiger partial charge >= 0.3 is 0 Å². The number of nitrogens with zero attached hydrogens (tertiary/aromatic N) is 1. The van der Waals surface area contributed by atoms with Crippen LogP contribution in [-0.4, -0.2) is 29.9 Å². The summed E-state index contributed by atoms with van der Waals surface area (Å²) in [7, 11) is 0. The van der Waals surface area contributed by atoms with Gasteiger partial charge in [-0.3, -0.25) is 4.57 Å². The predicted molar refractivity (Wildman–Crippen MR) is 75.7 cm³/mol. The van der Waals surface area contributed by atoms with Gasteiger partial charge in [-0.1, -0.05) is 12.1 Å². The molecule has 1 aromatic heterocycles. The van der Waals surface area contributed by atoms with Crippen molar-refractivity contribution in [2.75, 3.05) is 13.1 Å². The predicted octanol–water partition coefficient (Wildman–Crippen LogP) is 1.61. The van der Waals surface area contributed by atoms with Gasteiger partial charge in [0.05, 0.1) is 5.52 Å². The van der Waals surface area contributed by atoms with E-state index < -0.39 is 0 Å².